The van der Waals surface area contributed by atoms with E-state index < -0.39 is 0 Å². The molecule has 0 amide bonds. The van der Waals surface area contributed by atoms with Gasteiger partial charge >= 0.3 is 0 Å². The molecule has 7 heteroatoms. The minimum atomic E-state index is 0. The van der Waals surface area contributed by atoms with E-state index in [2.05, 4.69) is 32.9 Å². The fourth-order valence-electron chi connectivity index (χ4n) is 2.03. The van der Waals surface area contributed by atoms with E-state index >= 15 is 0 Å². The average Bonchev–Trinajstić information content (AvgIpc) is 3.16. The number of furan rings is 1. The molecule has 5 nitrogen and oxygen atoms in total. The molecule has 0 saturated carbocycles. The highest BCUT2D eigenvalue weighted by molar-refractivity contribution is 14.0. The highest BCUT2D eigenvalue weighted by atomic mass is 127. The van der Waals surface area contributed by atoms with Crippen LogP contribution in [0, 0.1) is 6.92 Å². The van der Waals surface area contributed by atoms with Crippen molar-refractivity contribution < 1.29 is 4.42 Å². The molecule has 0 fully saturated rings. The van der Waals surface area contributed by atoms with Gasteiger partial charge in [0.15, 0.2) is 5.96 Å². The molecule has 0 radical (unpaired) electrons. The van der Waals surface area contributed by atoms with Crippen molar-refractivity contribution in [2.45, 2.75) is 39.7 Å². The van der Waals surface area contributed by atoms with E-state index in [-0.39, 0.29) is 24.0 Å². The van der Waals surface area contributed by atoms with Crippen molar-refractivity contribution in [1.82, 2.24) is 15.6 Å². The van der Waals surface area contributed by atoms with E-state index in [1.165, 1.54) is 5.01 Å². The zero-order valence-corrected chi connectivity index (χ0v) is 16.8. The van der Waals surface area contributed by atoms with Gasteiger partial charge in [0.05, 0.1) is 11.3 Å². The topological polar surface area (TPSA) is 62.5 Å². The molecule has 0 unspecified atom stereocenters. The van der Waals surface area contributed by atoms with E-state index in [1.54, 1.807) is 17.6 Å². The Labute approximate surface area is 159 Å². The van der Waals surface area contributed by atoms with Crippen molar-refractivity contribution in [2.24, 2.45) is 4.99 Å². The molecule has 0 aromatic carbocycles. The Kier molecular flexibility index (Phi) is 9.93. The van der Waals surface area contributed by atoms with Crippen LogP contribution in [0.4, 0.5) is 0 Å². The Hall–Kier alpha value is -1.09. The number of nitrogens with one attached hydrogen (secondary N) is 2. The van der Waals surface area contributed by atoms with Crippen molar-refractivity contribution in [3.63, 3.8) is 0 Å². The van der Waals surface area contributed by atoms with Gasteiger partial charge in [0.25, 0.3) is 0 Å². The Morgan fingerprint density at radius 1 is 1.35 bits per heavy atom. The molecule has 2 aromatic rings. The van der Waals surface area contributed by atoms with Crippen molar-refractivity contribution in [3.05, 3.63) is 40.2 Å². The smallest absolute Gasteiger partial charge is 0.191 e. The molecule has 0 aliphatic carbocycles. The summed E-state index contributed by atoms with van der Waals surface area (Å²) >= 11 is 1.75. The number of hydrogen-bond acceptors (Lipinski definition) is 4. The molecule has 128 valence electrons. The number of nitrogens with zero attached hydrogens (tertiary/aromatic N) is 2. The lowest BCUT2D eigenvalue weighted by Gasteiger charge is -2.10. The van der Waals surface area contributed by atoms with Crippen LogP contribution in [0.25, 0.3) is 0 Å². The van der Waals surface area contributed by atoms with Gasteiger partial charge in [-0.25, -0.2) is 9.98 Å². The van der Waals surface area contributed by atoms with Gasteiger partial charge in [-0.2, -0.15) is 0 Å². The van der Waals surface area contributed by atoms with E-state index in [0.717, 1.165) is 49.8 Å². The van der Waals surface area contributed by atoms with Gasteiger partial charge in [-0.05, 0) is 45.2 Å². The van der Waals surface area contributed by atoms with Crippen molar-refractivity contribution in [2.75, 3.05) is 13.1 Å². The number of rotatable bonds is 8. The van der Waals surface area contributed by atoms with E-state index in [9.17, 15) is 0 Å². The van der Waals surface area contributed by atoms with Crippen LogP contribution in [-0.2, 0) is 13.0 Å². The normalized spacial score (nSPS) is 11.1. The van der Waals surface area contributed by atoms with Crippen LogP contribution in [0.5, 0.6) is 0 Å². The van der Waals surface area contributed by atoms with Crippen LogP contribution in [0.3, 0.4) is 0 Å². The number of aliphatic imine (C=N–C) groups is 1. The second kappa shape index (κ2) is 11.4. The van der Waals surface area contributed by atoms with Crippen LogP contribution in [0.15, 0.2) is 33.2 Å². The van der Waals surface area contributed by atoms with Crippen molar-refractivity contribution >= 4 is 41.3 Å². The fourth-order valence-corrected chi connectivity index (χ4v) is 2.84. The third-order valence-electron chi connectivity index (χ3n) is 3.09. The van der Waals surface area contributed by atoms with Gasteiger partial charge in [0.2, 0.25) is 0 Å². The minimum absolute atomic E-state index is 0. The molecule has 0 saturated heterocycles. The molecule has 0 aliphatic rings. The molecule has 2 rings (SSSR count). The number of guanidine groups is 1. The molecule has 0 bridgehead atoms. The first-order valence-corrected chi connectivity index (χ1v) is 8.61. The summed E-state index contributed by atoms with van der Waals surface area (Å²) in [6, 6.07) is 3.81. The molecule has 0 aliphatic heterocycles. The van der Waals surface area contributed by atoms with Crippen LogP contribution >= 0.6 is 35.3 Å². The number of hydrogen-bond donors (Lipinski definition) is 2. The van der Waals surface area contributed by atoms with Crippen LogP contribution < -0.4 is 10.6 Å². The summed E-state index contributed by atoms with van der Waals surface area (Å²) in [4.78, 5) is 8.99. The lowest BCUT2D eigenvalue weighted by molar-refractivity contribution is 0.512. The highest BCUT2D eigenvalue weighted by Gasteiger charge is 2.00. The van der Waals surface area contributed by atoms with E-state index in [4.69, 9.17) is 4.42 Å². The Balaban J connectivity index is 0.00000264. The number of halogens is 1. The summed E-state index contributed by atoms with van der Waals surface area (Å²) in [6.07, 6.45) is 4.97. The van der Waals surface area contributed by atoms with Gasteiger partial charge in [-0.1, -0.05) is 0 Å². The van der Waals surface area contributed by atoms with E-state index in [1.807, 2.05) is 19.1 Å². The Morgan fingerprint density at radius 3 is 2.87 bits per heavy atom. The lowest BCUT2D eigenvalue weighted by Crippen LogP contribution is -2.37. The summed E-state index contributed by atoms with van der Waals surface area (Å²) in [5, 5.41) is 9.94. The molecule has 0 spiro atoms. The standard InChI is InChI=1S/C16H24N4OS.HI/c1-3-17-16(19-11-14-7-6-10-21-14)18-9-5-4-8-15-20-13(2)12-22-15;/h6-7,10,12H,3-5,8-9,11H2,1-2H3,(H2,17,18,19);1H. The third kappa shape index (κ3) is 7.83. The van der Waals surface area contributed by atoms with Gasteiger partial charge in [0, 0.05) is 24.2 Å². The predicted octanol–water partition coefficient (Wildman–Crippen LogP) is 3.74. The molecule has 2 heterocycles. The summed E-state index contributed by atoms with van der Waals surface area (Å²) in [5.74, 6) is 1.71. The maximum absolute atomic E-state index is 5.29. The second-order valence-corrected chi connectivity index (χ2v) is 5.98. The van der Waals surface area contributed by atoms with Crippen LogP contribution in [-0.4, -0.2) is 24.0 Å². The monoisotopic (exact) mass is 448 g/mol. The van der Waals surface area contributed by atoms with E-state index in [0.29, 0.717) is 6.54 Å². The Bertz CT molecular complexity index is 568. The molecular weight excluding hydrogens is 423 g/mol. The predicted molar refractivity (Wildman–Crippen MR) is 107 cm³/mol. The molecule has 0 atom stereocenters. The van der Waals surface area contributed by atoms with Crippen LogP contribution in [0.2, 0.25) is 0 Å². The second-order valence-electron chi connectivity index (χ2n) is 5.04. The minimum Gasteiger partial charge on any atom is -0.467 e. The first-order valence-electron chi connectivity index (χ1n) is 7.73. The first kappa shape index (κ1) is 20.0. The van der Waals surface area contributed by atoms with Gasteiger partial charge in [-0.15, -0.1) is 35.3 Å². The number of aryl methyl sites for hydroxylation is 2. The zero-order valence-electron chi connectivity index (χ0n) is 13.7. The molecule has 2 N–H and O–H groups in total. The lowest BCUT2D eigenvalue weighted by atomic mass is 10.2. The SMILES string of the molecule is CCNC(=NCc1ccco1)NCCCCc1nc(C)cs1.I. The third-order valence-corrected chi connectivity index (χ3v) is 4.12. The number of thiazole rings is 1. The Morgan fingerprint density at radius 2 is 2.22 bits per heavy atom. The number of unbranched alkanes of at least 4 members (excludes halogenated alkanes) is 1. The summed E-state index contributed by atoms with van der Waals surface area (Å²) in [6.45, 7) is 6.42. The summed E-state index contributed by atoms with van der Waals surface area (Å²) in [5.41, 5.74) is 1.12. The maximum Gasteiger partial charge on any atom is 0.191 e. The molecule has 23 heavy (non-hydrogen) atoms. The summed E-state index contributed by atoms with van der Waals surface area (Å²) < 4.78 is 5.29. The fraction of sp³-hybridized carbons (Fsp3) is 0.500. The largest absolute Gasteiger partial charge is 0.467 e. The molecule has 2 aromatic heterocycles. The van der Waals surface area contributed by atoms with Gasteiger partial charge in [0.1, 0.15) is 12.3 Å². The number of aromatic nitrogens is 1. The quantitative estimate of drug-likeness (QED) is 0.280. The summed E-state index contributed by atoms with van der Waals surface area (Å²) in [7, 11) is 0. The first-order chi connectivity index (χ1) is 10.8. The van der Waals surface area contributed by atoms with Crippen molar-refractivity contribution in [1.29, 1.82) is 0 Å². The highest BCUT2D eigenvalue weighted by Crippen LogP contribution is 2.11. The molecular formula is C16H25IN4OS. The maximum atomic E-state index is 5.29. The van der Waals surface area contributed by atoms with Crippen LogP contribution in [0.1, 0.15) is 36.2 Å². The van der Waals surface area contributed by atoms with Gasteiger partial charge in [-0.3, -0.25) is 0 Å². The average molecular weight is 448 g/mol. The van der Waals surface area contributed by atoms with Crippen molar-refractivity contribution in [3.8, 4) is 0 Å². The zero-order chi connectivity index (χ0) is 15.6. The van der Waals surface area contributed by atoms with Gasteiger partial charge < -0.3 is 15.1 Å².